The zero-order valence-electron chi connectivity index (χ0n) is 42.6. The van der Waals surface area contributed by atoms with E-state index in [0.29, 0.717) is 55.6 Å². The molecule has 2 rings (SSSR count). The first-order chi connectivity index (χ1) is 32.4. The number of carbonyl (C=O) groups excluding carboxylic acids is 1. The van der Waals surface area contributed by atoms with Gasteiger partial charge in [0.1, 0.15) is 24.4 Å². The molecule has 5 atom stereocenters. The van der Waals surface area contributed by atoms with Crippen molar-refractivity contribution in [3.8, 4) is 17.2 Å². The van der Waals surface area contributed by atoms with Crippen LogP contribution >= 0.6 is 0 Å². The molecule has 0 bridgehead atoms. The summed E-state index contributed by atoms with van der Waals surface area (Å²) in [5, 5.41) is 42.8. The zero-order chi connectivity index (χ0) is 47.7. The van der Waals surface area contributed by atoms with Crippen molar-refractivity contribution in [1.29, 1.82) is 0 Å². The zero-order valence-corrected chi connectivity index (χ0v) is 42.6. The van der Waals surface area contributed by atoms with Crippen LogP contribution in [0.1, 0.15) is 249 Å². The molecule has 1 aliphatic heterocycles. The summed E-state index contributed by atoms with van der Waals surface area (Å²) in [4.78, 5) is 13.7. The molecule has 1 saturated heterocycles. The number of hydrogen-bond acceptors (Lipinski definition) is 10. The number of ether oxygens (including phenoxy) is 5. The molecule has 1 aromatic carbocycles. The molecule has 386 valence electrons. The molecular formula is C55H101NO10. The molecular weight excluding hydrogens is 835 g/mol. The Morgan fingerprint density at radius 1 is 0.485 bits per heavy atom. The fraction of sp³-hybridized carbons (Fsp3) is 0.873. The van der Waals surface area contributed by atoms with Crippen molar-refractivity contribution in [2.45, 2.75) is 270 Å². The highest BCUT2D eigenvalue weighted by atomic mass is 16.7. The van der Waals surface area contributed by atoms with Crippen LogP contribution in [0.15, 0.2) is 12.1 Å². The molecule has 0 spiro atoms. The summed E-state index contributed by atoms with van der Waals surface area (Å²) in [6.45, 7) is 8.80. The number of aliphatic hydroxyl groups excluding tert-OH is 4. The van der Waals surface area contributed by atoms with Crippen LogP contribution in [0.5, 0.6) is 17.2 Å². The molecule has 5 N–H and O–H groups in total. The van der Waals surface area contributed by atoms with Crippen molar-refractivity contribution in [2.24, 2.45) is 0 Å². The molecule has 1 aromatic rings. The van der Waals surface area contributed by atoms with Crippen molar-refractivity contribution < 1.29 is 48.9 Å². The van der Waals surface area contributed by atoms with Crippen LogP contribution < -0.4 is 19.5 Å². The van der Waals surface area contributed by atoms with Crippen molar-refractivity contribution in [2.75, 3.05) is 39.6 Å². The first-order valence-corrected chi connectivity index (χ1v) is 27.6. The second kappa shape index (κ2) is 41.8. The van der Waals surface area contributed by atoms with E-state index >= 15 is 0 Å². The maximum Gasteiger partial charge on any atom is 0.251 e. The van der Waals surface area contributed by atoms with Gasteiger partial charge in [0, 0.05) is 18.7 Å². The minimum absolute atomic E-state index is 0.172. The van der Waals surface area contributed by atoms with E-state index in [0.717, 1.165) is 57.8 Å². The number of carbonyl (C=O) groups is 1. The average molecular weight is 936 g/mol. The van der Waals surface area contributed by atoms with Gasteiger partial charge in [-0.25, -0.2) is 0 Å². The number of unbranched alkanes of at least 4 members (excludes halogenated alkanes) is 30. The lowest BCUT2D eigenvalue weighted by Crippen LogP contribution is -2.59. The van der Waals surface area contributed by atoms with Gasteiger partial charge in [-0.2, -0.15) is 0 Å². The Balaban J connectivity index is 2.00. The van der Waals surface area contributed by atoms with Crippen LogP contribution in [-0.2, 0) is 9.47 Å². The van der Waals surface area contributed by atoms with Gasteiger partial charge in [0.15, 0.2) is 17.8 Å². The highest BCUT2D eigenvalue weighted by Crippen LogP contribution is 2.40. The van der Waals surface area contributed by atoms with Gasteiger partial charge in [-0.1, -0.05) is 207 Å². The minimum Gasteiger partial charge on any atom is -0.490 e. The topological polar surface area (TPSA) is 156 Å². The summed E-state index contributed by atoms with van der Waals surface area (Å²) in [6, 6.07) is 3.67. The molecule has 0 unspecified atom stereocenters. The maximum absolute atomic E-state index is 13.7. The van der Waals surface area contributed by atoms with Gasteiger partial charge < -0.3 is 49.4 Å². The Labute approximate surface area is 403 Å². The van der Waals surface area contributed by atoms with E-state index in [4.69, 9.17) is 23.7 Å². The third-order valence-electron chi connectivity index (χ3n) is 13.0. The molecule has 11 nitrogen and oxygen atoms in total. The number of nitrogens with one attached hydrogen (secondary N) is 1. The normalized spacial score (nSPS) is 18.4. The van der Waals surface area contributed by atoms with E-state index in [-0.39, 0.29) is 12.5 Å². The van der Waals surface area contributed by atoms with Crippen molar-refractivity contribution >= 4 is 5.91 Å². The van der Waals surface area contributed by atoms with Gasteiger partial charge in [-0.05, 0) is 44.2 Å². The molecule has 1 fully saturated rings. The molecule has 1 aliphatic rings. The number of benzene rings is 1. The molecule has 0 saturated carbocycles. The molecule has 1 amide bonds. The van der Waals surface area contributed by atoms with E-state index in [9.17, 15) is 25.2 Å². The third-order valence-corrected chi connectivity index (χ3v) is 13.0. The summed E-state index contributed by atoms with van der Waals surface area (Å²) in [6.07, 6.45) is 34.3. The summed E-state index contributed by atoms with van der Waals surface area (Å²) >= 11 is 0. The number of hydrogen-bond donors (Lipinski definition) is 5. The SMILES string of the molecule is CCCCCCCCCCCCOc1cc(C(=O)NCCCCCCO[C@@H]2O[C@H](CO)[C@H](O)[C@H](O)[C@H]2O)cc(OCCCCCCCCCCCC)c1OCCCCCCCCCCCC. The van der Waals surface area contributed by atoms with E-state index in [1.165, 1.54) is 154 Å². The highest BCUT2D eigenvalue weighted by Gasteiger charge is 2.43. The predicted molar refractivity (Wildman–Crippen MR) is 269 cm³/mol. The van der Waals surface area contributed by atoms with Gasteiger partial charge in [0.2, 0.25) is 5.75 Å². The third kappa shape index (κ3) is 28.4. The fourth-order valence-electron chi connectivity index (χ4n) is 8.66. The predicted octanol–water partition coefficient (Wildman–Crippen LogP) is 12.7. The monoisotopic (exact) mass is 936 g/mol. The number of aliphatic hydroxyl groups is 4. The Bertz CT molecular complexity index is 1220. The summed E-state index contributed by atoms with van der Waals surface area (Å²) < 4.78 is 30.6. The molecule has 11 heteroatoms. The second-order valence-corrected chi connectivity index (χ2v) is 19.1. The second-order valence-electron chi connectivity index (χ2n) is 19.1. The molecule has 0 aromatic heterocycles. The van der Waals surface area contributed by atoms with Crippen molar-refractivity contribution in [3.05, 3.63) is 17.7 Å². The van der Waals surface area contributed by atoms with Crippen molar-refractivity contribution in [3.63, 3.8) is 0 Å². The molecule has 66 heavy (non-hydrogen) atoms. The molecule has 0 aliphatic carbocycles. The number of rotatable bonds is 46. The standard InChI is InChI=1S/C55H101NO10/c1-4-7-10-13-16-19-22-25-29-34-39-62-47-43-46(54(61)56-38-33-28-32-37-42-65-55-52(60)51(59)50(58)49(45-57)66-55)44-48(63-40-35-30-26-23-20-17-14-11-8-5-2)53(47)64-41-36-31-27-24-21-18-15-12-9-6-3/h43-44,49-52,55,57-60H,4-42,45H2,1-3H3,(H,56,61)/t49-,50+,51+,52-,55-/m1/s1. The molecule has 0 radical (unpaired) electrons. The van der Waals surface area contributed by atoms with E-state index < -0.39 is 37.3 Å². The first-order valence-electron chi connectivity index (χ1n) is 27.6. The van der Waals surface area contributed by atoms with E-state index in [1.54, 1.807) is 0 Å². The smallest absolute Gasteiger partial charge is 0.251 e. The summed E-state index contributed by atoms with van der Waals surface area (Å²) in [5.74, 6) is 1.62. The van der Waals surface area contributed by atoms with Gasteiger partial charge in [-0.3, -0.25) is 4.79 Å². The first kappa shape index (κ1) is 60.0. The largest absolute Gasteiger partial charge is 0.490 e. The average Bonchev–Trinajstić information content (AvgIpc) is 3.32. The Kier molecular flexibility index (Phi) is 38.0. The van der Waals surface area contributed by atoms with E-state index in [1.807, 2.05) is 12.1 Å². The Morgan fingerprint density at radius 3 is 1.26 bits per heavy atom. The lowest BCUT2D eigenvalue weighted by molar-refractivity contribution is -0.301. The van der Waals surface area contributed by atoms with Crippen LogP contribution in [0.2, 0.25) is 0 Å². The highest BCUT2D eigenvalue weighted by molar-refractivity contribution is 5.95. The minimum atomic E-state index is -1.46. The fourth-order valence-corrected chi connectivity index (χ4v) is 8.66. The lowest BCUT2D eigenvalue weighted by Gasteiger charge is -2.39. The summed E-state index contributed by atoms with van der Waals surface area (Å²) in [5.41, 5.74) is 0.505. The van der Waals surface area contributed by atoms with Gasteiger partial charge in [-0.15, -0.1) is 0 Å². The van der Waals surface area contributed by atoms with Crippen LogP contribution in [0.3, 0.4) is 0 Å². The number of amides is 1. The molecule has 1 heterocycles. The van der Waals surface area contributed by atoms with Crippen molar-refractivity contribution in [1.82, 2.24) is 5.32 Å². The lowest BCUT2D eigenvalue weighted by atomic mass is 9.99. The van der Waals surface area contributed by atoms with Crippen LogP contribution in [0.25, 0.3) is 0 Å². The van der Waals surface area contributed by atoms with Gasteiger partial charge in [0.05, 0.1) is 26.4 Å². The van der Waals surface area contributed by atoms with Gasteiger partial charge in [0.25, 0.3) is 5.91 Å². The van der Waals surface area contributed by atoms with Crippen LogP contribution in [0.4, 0.5) is 0 Å². The quantitative estimate of drug-likeness (QED) is 0.0399. The Morgan fingerprint density at radius 2 is 0.848 bits per heavy atom. The van der Waals surface area contributed by atoms with Crippen LogP contribution in [-0.4, -0.2) is 96.6 Å². The van der Waals surface area contributed by atoms with Gasteiger partial charge >= 0.3 is 0 Å². The maximum atomic E-state index is 13.7. The van der Waals surface area contributed by atoms with Crippen LogP contribution in [0, 0.1) is 0 Å². The Hall–Kier alpha value is -2.15. The summed E-state index contributed by atoms with van der Waals surface area (Å²) in [7, 11) is 0. The van der Waals surface area contributed by atoms with E-state index in [2.05, 4.69) is 26.1 Å².